The number of rotatable bonds is 8. The molecule has 2 atom stereocenters. The van der Waals surface area contributed by atoms with Gasteiger partial charge in [0.1, 0.15) is 12.7 Å². The van der Waals surface area contributed by atoms with E-state index in [0.717, 1.165) is 22.3 Å². The molecule has 1 aliphatic carbocycles. The summed E-state index contributed by atoms with van der Waals surface area (Å²) in [5.74, 6) is -0.0310. The fourth-order valence-corrected chi connectivity index (χ4v) is 4.48. The third kappa shape index (κ3) is 5.04. The first-order valence-electron chi connectivity index (χ1n) is 10.8. The van der Waals surface area contributed by atoms with Gasteiger partial charge in [0, 0.05) is 23.0 Å². The standard InChI is InChI=1S/C26H26ClNO5/c27-23-10-9-16(14-29)13-21(23)25(31)24(30)11-12-28-26(32)33-15-22-19-7-3-1-5-17(19)18-6-2-4-8-20(18)22/h1-10,13,22,24-25,29-31H,11-12,14-15H2,(H,28,32). The maximum Gasteiger partial charge on any atom is 0.407 e. The lowest BCUT2D eigenvalue weighted by Crippen LogP contribution is -2.30. The van der Waals surface area contributed by atoms with Crippen LogP contribution >= 0.6 is 11.6 Å². The van der Waals surface area contributed by atoms with Crippen molar-refractivity contribution in [2.75, 3.05) is 13.2 Å². The number of aliphatic hydroxyl groups is 3. The van der Waals surface area contributed by atoms with Gasteiger partial charge in [-0.25, -0.2) is 4.79 Å². The molecule has 4 N–H and O–H groups in total. The Balaban J connectivity index is 1.29. The zero-order valence-corrected chi connectivity index (χ0v) is 18.7. The van der Waals surface area contributed by atoms with Crippen LogP contribution in [0.15, 0.2) is 66.7 Å². The Morgan fingerprint density at radius 2 is 1.64 bits per heavy atom. The van der Waals surface area contributed by atoms with Crippen LogP contribution in [0.2, 0.25) is 5.02 Å². The number of carbonyl (C=O) groups is 1. The van der Waals surface area contributed by atoms with Gasteiger partial charge < -0.3 is 25.4 Å². The van der Waals surface area contributed by atoms with E-state index >= 15 is 0 Å². The van der Waals surface area contributed by atoms with E-state index in [1.54, 1.807) is 18.2 Å². The summed E-state index contributed by atoms with van der Waals surface area (Å²) >= 11 is 6.11. The molecule has 0 saturated carbocycles. The van der Waals surface area contributed by atoms with E-state index in [9.17, 15) is 20.1 Å². The number of ether oxygens (including phenoxy) is 1. The van der Waals surface area contributed by atoms with Gasteiger partial charge in [0.15, 0.2) is 0 Å². The minimum Gasteiger partial charge on any atom is -0.449 e. The van der Waals surface area contributed by atoms with Gasteiger partial charge in [-0.1, -0.05) is 66.2 Å². The molecule has 172 valence electrons. The van der Waals surface area contributed by atoms with Crippen LogP contribution in [0.25, 0.3) is 11.1 Å². The molecular formula is C26H26ClNO5. The van der Waals surface area contributed by atoms with Crippen LogP contribution in [0, 0.1) is 0 Å². The molecule has 33 heavy (non-hydrogen) atoms. The summed E-state index contributed by atoms with van der Waals surface area (Å²) in [6.45, 7) is 0.122. The summed E-state index contributed by atoms with van der Waals surface area (Å²) in [5.41, 5.74) is 5.49. The van der Waals surface area contributed by atoms with Crippen LogP contribution < -0.4 is 5.32 Å². The van der Waals surface area contributed by atoms with Gasteiger partial charge in [-0.05, 0) is 46.4 Å². The number of alkyl carbamates (subject to hydrolysis) is 1. The molecule has 4 rings (SSSR count). The number of fused-ring (bicyclic) bond motifs is 3. The zero-order valence-electron chi connectivity index (χ0n) is 17.9. The highest BCUT2D eigenvalue weighted by Crippen LogP contribution is 2.44. The molecule has 0 aromatic heterocycles. The maximum atomic E-state index is 12.3. The van der Waals surface area contributed by atoms with Crippen LogP contribution in [0.5, 0.6) is 0 Å². The highest BCUT2D eigenvalue weighted by molar-refractivity contribution is 6.31. The van der Waals surface area contributed by atoms with Crippen molar-refractivity contribution in [3.8, 4) is 11.1 Å². The molecule has 3 aromatic rings. The van der Waals surface area contributed by atoms with E-state index < -0.39 is 18.3 Å². The second kappa shape index (κ2) is 10.4. The average Bonchev–Trinajstić information content (AvgIpc) is 3.16. The quantitative estimate of drug-likeness (QED) is 0.399. The highest BCUT2D eigenvalue weighted by atomic mass is 35.5. The van der Waals surface area contributed by atoms with Gasteiger partial charge in [0.2, 0.25) is 0 Å². The van der Waals surface area contributed by atoms with Crippen molar-refractivity contribution in [2.45, 2.75) is 31.2 Å². The predicted octanol–water partition coefficient (Wildman–Crippen LogP) is 4.16. The number of halogens is 1. The Hall–Kier alpha value is -2.90. The number of hydrogen-bond donors (Lipinski definition) is 4. The lowest BCUT2D eigenvalue weighted by Gasteiger charge is -2.20. The van der Waals surface area contributed by atoms with Crippen molar-refractivity contribution in [3.05, 3.63) is 94.0 Å². The normalized spacial score (nSPS) is 14.3. The molecule has 6 nitrogen and oxygen atoms in total. The van der Waals surface area contributed by atoms with Crippen LogP contribution in [0.1, 0.15) is 40.7 Å². The molecule has 0 bridgehead atoms. The Kier molecular flexibility index (Phi) is 7.30. The van der Waals surface area contributed by atoms with Gasteiger partial charge in [-0.3, -0.25) is 0 Å². The van der Waals surface area contributed by atoms with Crippen molar-refractivity contribution >= 4 is 17.7 Å². The number of nitrogens with one attached hydrogen (secondary N) is 1. The Labute approximate surface area is 197 Å². The molecule has 0 aliphatic heterocycles. The number of amides is 1. The van der Waals surface area contributed by atoms with Gasteiger partial charge in [0.25, 0.3) is 0 Å². The van der Waals surface area contributed by atoms with Crippen molar-refractivity contribution in [1.82, 2.24) is 5.32 Å². The van der Waals surface area contributed by atoms with Crippen molar-refractivity contribution in [1.29, 1.82) is 0 Å². The third-order valence-electron chi connectivity index (χ3n) is 5.98. The Morgan fingerprint density at radius 1 is 1.00 bits per heavy atom. The van der Waals surface area contributed by atoms with Gasteiger partial charge in [-0.15, -0.1) is 0 Å². The van der Waals surface area contributed by atoms with Crippen LogP contribution in [-0.2, 0) is 11.3 Å². The largest absolute Gasteiger partial charge is 0.449 e. The molecule has 0 radical (unpaired) electrons. The monoisotopic (exact) mass is 467 g/mol. The molecule has 1 amide bonds. The summed E-state index contributed by atoms with van der Waals surface area (Å²) < 4.78 is 5.47. The summed E-state index contributed by atoms with van der Waals surface area (Å²) in [5, 5.41) is 32.9. The lowest BCUT2D eigenvalue weighted by atomic mass is 9.98. The fourth-order valence-electron chi connectivity index (χ4n) is 4.25. The molecule has 0 heterocycles. The van der Waals surface area contributed by atoms with E-state index in [1.807, 2.05) is 24.3 Å². The maximum absolute atomic E-state index is 12.3. The Bertz CT molecular complexity index is 1090. The number of aliphatic hydroxyl groups excluding tert-OH is 3. The molecule has 2 unspecified atom stereocenters. The van der Waals surface area contributed by atoms with Crippen molar-refractivity contribution in [2.24, 2.45) is 0 Å². The molecule has 1 aliphatic rings. The summed E-state index contributed by atoms with van der Waals surface area (Å²) in [6.07, 6.45) is -2.87. The fraction of sp³-hybridized carbons (Fsp3) is 0.269. The average molecular weight is 468 g/mol. The first kappa shape index (κ1) is 23.3. The van der Waals surface area contributed by atoms with Gasteiger partial charge in [-0.2, -0.15) is 0 Å². The first-order valence-corrected chi connectivity index (χ1v) is 11.2. The second-order valence-corrected chi connectivity index (χ2v) is 8.47. The van der Waals surface area contributed by atoms with E-state index in [1.165, 1.54) is 0 Å². The lowest BCUT2D eigenvalue weighted by molar-refractivity contribution is 0.0136. The van der Waals surface area contributed by atoms with E-state index in [-0.39, 0.29) is 32.1 Å². The van der Waals surface area contributed by atoms with Gasteiger partial charge in [0.05, 0.1) is 12.7 Å². The number of benzene rings is 3. The van der Waals surface area contributed by atoms with Crippen molar-refractivity contribution in [3.63, 3.8) is 0 Å². The summed E-state index contributed by atoms with van der Waals surface area (Å²) in [4.78, 5) is 12.3. The number of carbonyl (C=O) groups excluding carboxylic acids is 1. The van der Waals surface area contributed by atoms with E-state index in [2.05, 4.69) is 29.6 Å². The first-order chi connectivity index (χ1) is 16.0. The SMILES string of the molecule is O=C(NCCC(O)C(O)c1cc(CO)ccc1Cl)OCC1c2ccccc2-c2ccccc21. The smallest absolute Gasteiger partial charge is 0.407 e. The Morgan fingerprint density at radius 3 is 2.27 bits per heavy atom. The van der Waals surface area contributed by atoms with E-state index in [0.29, 0.717) is 16.1 Å². The zero-order chi connectivity index (χ0) is 23.4. The molecule has 0 fully saturated rings. The molecule has 7 heteroatoms. The topological polar surface area (TPSA) is 99.0 Å². The molecule has 0 spiro atoms. The minimum atomic E-state index is -1.24. The molecule has 0 saturated heterocycles. The van der Waals surface area contributed by atoms with Crippen LogP contribution in [0.4, 0.5) is 4.79 Å². The summed E-state index contributed by atoms with van der Waals surface area (Å²) in [7, 11) is 0. The van der Waals surface area contributed by atoms with Crippen LogP contribution in [-0.4, -0.2) is 40.7 Å². The summed E-state index contributed by atoms with van der Waals surface area (Å²) in [6, 6.07) is 21.0. The van der Waals surface area contributed by atoms with Crippen LogP contribution in [0.3, 0.4) is 0 Å². The number of hydrogen-bond acceptors (Lipinski definition) is 5. The predicted molar refractivity (Wildman–Crippen MR) is 126 cm³/mol. The van der Waals surface area contributed by atoms with E-state index in [4.69, 9.17) is 16.3 Å². The third-order valence-corrected chi connectivity index (χ3v) is 6.32. The highest BCUT2D eigenvalue weighted by Gasteiger charge is 2.29. The van der Waals surface area contributed by atoms with Crippen molar-refractivity contribution < 1.29 is 24.9 Å². The molecule has 3 aromatic carbocycles. The second-order valence-electron chi connectivity index (χ2n) is 8.07. The van der Waals surface area contributed by atoms with Gasteiger partial charge >= 0.3 is 6.09 Å². The minimum absolute atomic E-state index is 0.0310. The molecular weight excluding hydrogens is 442 g/mol.